The van der Waals surface area contributed by atoms with E-state index in [-0.39, 0.29) is 11.9 Å². The van der Waals surface area contributed by atoms with Crippen molar-refractivity contribution < 1.29 is 9.53 Å². The zero-order valence-corrected chi connectivity index (χ0v) is 12.9. The highest BCUT2D eigenvalue weighted by molar-refractivity contribution is 9.10. The third-order valence-corrected chi connectivity index (χ3v) is 4.05. The van der Waals surface area contributed by atoms with Gasteiger partial charge >= 0.3 is 0 Å². The van der Waals surface area contributed by atoms with E-state index in [4.69, 9.17) is 4.74 Å². The molecule has 1 aliphatic heterocycles. The van der Waals surface area contributed by atoms with Crippen LogP contribution in [-0.2, 0) is 11.3 Å². The van der Waals surface area contributed by atoms with Gasteiger partial charge in [-0.05, 0) is 40.0 Å². The second kappa shape index (κ2) is 6.39. The number of hydrogen-bond donors (Lipinski definition) is 1. The van der Waals surface area contributed by atoms with Gasteiger partial charge < -0.3 is 10.1 Å². The Hall–Kier alpha value is -1.07. The normalized spacial score (nSPS) is 20.2. The molecule has 1 fully saturated rings. The van der Waals surface area contributed by atoms with Gasteiger partial charge in [-0.3, -0.25) is 9.69 Å². The summed E-state index contributed by atoms with van der Waals surface area (Å²) >= 11 is 3.49. The first-order chi connectivity index (χ1) is 9.15. The predicted molar refractivity (Wildman–Crippen MR) is 78.2 cm³/mol. The number of halogens is 1. The Kier molecular flexibility index (Phi) is 4.82. The Bertz CT molecular complexity index is 465. The zero-order valence-electron chi connectivity index (χ0n) is 11.3. The number of methoxy groups -OCH3 is 1. The van der Waals surface area contributed by atoms with E-state index in [1.165, 1.54) is 5.56 Å². The number of ether oxygens (including phenoxy) is 1. The third-order valence-electron chi connectivity index (χ3n) is 3.43. The molecule has 0 aliphatic carbocycles. The summed E-state index contributed by atoms with van der Waals surface area (Å²) in [6.07, 6.45) is 0.836. The van der Waals surface area contributed by atoms with Crippen LogP contribution < -0.4 is 10.1 Å². The Balaban J connectivity index is 2.11. The molecule has 0 saturated carbocycles. The number of benzene rings is 1. The lowest BCUT2D eigenvalue weighted by Crippen LogP contribution is -2.54. The van der Waals surface area contributed by atoms with E-state index in [9.17, 15) is 4.79 Å². The molecule has 1 aliphatic rings. The van der Waals surface area contributed by atoms with Gasteiger partial charge in [-0.1, -0.05) is 13.0 Å². The number of nitrogens with one attached hydrogen (secondary N) is 1. The van der Waals surface area contributed by atoms with Crippen molar-refractivity contribution in [3.05, 3.63) is 28.2 Å². The van der Waals surface area contributed by atoms with Crippen molar-refractivity contribution in [2.24, 2.45) is 0 Å². The summed E-state index contributed by atoms with van der Waals surface area (Å²) in [5.74, 6) is 0.966. The monoisotopic (exact) mass is 326 g/mol. The molecule has 1 amide bonds. The lowest BCUT2D eigenvalue weighted by molar-refractivity contribution is -0.129. The first-order valence-corrected chi connectivity index (χ1v) is 7.29. The highest BCUT2D eigenvalue weighted by atomic mass is 79.9. The molecule has 104 valence electrons. The minimum absolute atomic E-state index is 0.0189. The summed E-state index contributed by atoms with van der Waals surface area (Å²) in [6.45, 7) is 4.46. The SMILES string of the molecule is CCC1C(=O)NCCN1Cc1ccc(OC)c(Br)c1. The van der Waals surface area contributed by atoms with Gasteiger partial charge in [0.05, 0.1) is 17.6 Å². The van der Waals surface area contributed by atoms with E-state index in [2.05, 4.69) is 32.2 Å². The maximum Gasteiger partial charge on any atom is 0.237 e. The summed E-state index contributed by atoms with van der Waals surface area (Å²) in [7, 11) is 1.65. The highest BCUT2D eigenvalue weighted by Crippen LogP contribution is 2.26. The predicted octanol–water partition coefficient (Wildman–Crippen LogP) is 2.17. The quantitative estimate of drug-likeness (QED) is 0.922. The van der Waals surface area contributed by atoms with Crippen molar-refractivity contribution in [3.63, 3.8) is 0 Å². The van der Waals surface area contributed by atoms with Gasteiger partial charge in [-0.25, -0.2) is 0 Å². The molecule has 0 aromatic heterocycles. The summed E-state index contributed by atoms with van der Waals surface area (Å²) < 4.78 is 6.17. The van der Waals surface area contributed by atoms with Crippen molar-refractivity contribution >= 4 is 21.8 Å². The second-order valence-corrected chi connectivity index (χ2v) is 5.51. The maximum atomic E-state index is 11.8. The molecule has 1 heterocycles. The van der Waals surface area contributed by atoms with E-state index in [0.717, 1.165) is 36.3 Å². The van der Waals surface area contributed by atoms with Crippen LogP contribution >= 0.6 is 15.9 Å². The molecule has 1 N–H and O–H groups in total. The van der Waals surface area contributed by atoms with Gasteiger partial charge in [0.15, 0.2) is 0 Å². The van der Waals surface area contributed by atoms with Crippen LogP contribution in [0.5, 0.6) is 5.75 Å². The van der Waals surface area contributed by atoms with Gasteiger partial charge in [0, 0.05) is 19.6 Å². The second-order valence-electron chi connectivity index (χ2n) is 4.65. The fourth-order valence-electron chi connectivity index (χ4n) is 2.44. The number of piperazine rings is 1. The molecule has 0 radical (unpaired) electrons. The van der Waals surface area contributed by atoms with Crippen molar-refractivity contribution in [2.75, 3.05) is 20.2 Å². The lowest BCUT2D eigenvalue weighted by Gasteiger charge is -2.34. The first kappa shape index (κ1) is 14.3. The zero-order chi connectivity index (χ0) is 13.8. The average molecular weight is 327 g/mol. The van der Waals surface area contributed by atoms with Crippen LogP contribution in [0.25, 0.3) is 0 Å². The van der Waals surface area contributed by atoms with Crippen LogP contribution in [0.3, 0.4) is 0 Å². The maximum absolute atomic E-state index is 11.8. The molecule has 19 heavy (non-hydrogen) atoms. The van der Waals surface area contributed by atoms with E-state index < -0.39 is 0 Å². The first-order valence-electron chi connectivity index (χ1n) is 6.50. The summed E-state index contributed by atoms with van der Waals surface area (Å²) in [5.41, 5.74) is 1.18. The summed E-state index contributed by atoms with van der Waals surface area (Å²) in [4.78, 5) is 14.0. The van der Waals surface area contributed by atoms with Crippen molar-refractivity contribution in [3.8, 4) is 5.75 Å². The van der Waals surface area contributed by atoms with Crippen molar-refractivity contribution in [1.82, 2.24) is 10.2 Å². The molecule has 1 atom stereocenters. The van der Waals surface area contributed by atoms with Gasteiger partial charge in [0.25, 0.3) is 0 Å². The topological polar surface area (TPSA) is 41.6 Å². The Morgan fingerprint density at radius 2 is 2.32 bits per heavy atom. The van der Waals surface area contributed by atoms with Crippen LogP contribution in [0.1, 0.15) is 18.9 Å². The van der Waals surface area contributed by atoms with Crippen molar-refractivity contribution in [1.29, 1.82) is 0 Å². The minimum Gasteiger partial charge on any atom is -0.496 e. The number of hydrogen-bond acceptors (Lipinski definition) is 3. The number of rotatable bonds is 4. The summed E-state index contributed by atoms with van der Waals surface area (Å²) in [5, 5.41) is 2.92. The molecular weight excluding hydrogens is 308 g/mol. The molecule has 2 rings (SSSR count). The standard InChI is InChI=1S/C14H19BrN2O2/c1-3-12-14(18)16-6-7-17(12)9-10-4-5-13(19-2)11(15)8-10/h4-5,8,12H,3,6-7,9H2,1-2H3,(H,16,18). The van der Waals surface area contributed by atoms with Crippen LogP contribution in [0.15, 0.2) is 22.7 Å². The van der Waals surface area contributed by atoms with Crippen LogP contribution in [0, 0.1) is 0 Å². The lowest BCUT2D eigenvalue weighted by atomic mass is 10.1. The number of carbonyl (C=O) groups is 1. The van der Waals surface area contributed by atoms with Gasteiger partial charge in [0.1, 0.15) is 5.75 Å². The minimum atomic E-state index is -0.0189. The van der Waals surface area contributed by atoms with Gasteiger partial charge in [0.2, 0.25) is 5.91 Å². The molecule has 1 unspecified atom stereocenters. The molecule has 1 aromatic carbocycles. The molecule has 1 aromatic rings. The van der Waals surface area contributed by atoms with Crippen LogP contribution in [0.4, 0.5) is 0 Å². The fourth-order valence-corrected chi connectivity index (χ4v) is 3.03. The van der Waals surface area contributed by atoms with Crippen LogP contribution in [-0.4, -0.2) is 37.0 Å². The Labute approximate surface area is 122 Å². The highest BCUT2D eigenvalue weighted by Gasteiger charge is 2.27. The average Bonchev–Trinajstić information content (AvgIpc) is 2.39. The summed E-state index contributed by atoms with van der Waals surface area (Å²) in [6, 6.07) is 6.03. The molecule has 5 heteroatoms. The van der Waals surface area contributed by atoms with Crippen LogP contribution in [0.2, 0.25) is 0 Å². The smallest absolute Gasteiger partial charge is 0.237 e. The van der Waals surface area contributed by atoms with Gasteiger partial charge in [-0.2, -0.15) is 0 Å². The van der Waals surface area contributed by atoms with E-state index >= 15 is 0 Å². The molecule has 1 saturated heterocycles. The number of amides is 1. The third kappa shape index (κ3) is 3.28. The molecule has 4 nitrogen and oxygen atoms in total. The molecule has 0 bridgehead atoms. The fraction of sp³-hybridized carbons (Fsp3) is 0.500. The molecular formula is C14H19BrN2O2. The van der Waals surface area contributed by atoms with Gasteiger partial charge in [-0.15, -0.1) is 0 Å². The Morgan fingerprint density at radius 3 is 2.95 bits per heavy atom. The van der Waals surface area contributed by atoms with E-state index in [0.29, 0.717) is 0 Å². The number of nitrogens with zero attached hydrogens (tertiary/aromatic N) is 1. The number of carbonyl (C=O) groups excluding carboxylic acids is 1. The van der Waals surface area contributed by atoms with E-state index in [1.807, 2.05) is 19.1 Å². The van der Waals surface area contributed by atoms with E-state index in [1.54, 1.807) is 7.11 Å². The Morgan fingerprint density at radius 1 is 1.53 bits per heavy atom. The van der Waals surface area contributed by atoms with Crippen molar-refractivity contribution in [2.45, 2.75) is 25.9 Å². The largest absolute Gasteiger partial charge is 0.496 e. The molecule has 0 spiro atoms.